The Hall–Kier alpha value is -3.48. The number of para-hydroxylation sites is 1. The Labute approximate surface area is 149 Å². The number of carbonyl (C=O) groups excluding carboxylic acids is 2. The molecule has 1 aromatic carbocycles. The number of Topliss-reactive ketones (excluding diaryl/α,β-unsaturated/α-hetero) is 1. The second kappa shape index (κ2) is 7.18. The van der Waals surface area contributed by atoms with Crippen molar-refractivity contribution in [2.24, 2.45) is 0 Å². The summed E-state index contributed by atoms with van der Waals surface area (Å²) < 4.78 is 5.69. The number of aromatic hydroxyl groups is 1. The van der Waals surface area contributed by atoms with Gasteiger partial charge in [0.1, 0.15) is 11.5 Å². The molecule has 0 saturated carbocycles. The molecule has 0 fully saturated rings. The van der Waals surface area contributed by atoms with Gasteiger partial charge < -0.3 is 15.2 Å². The van der Waals surface area contributed by atoms with Crippen LogP contribution < -0.4 is 10.1 Å². The quantitative estimate of drug-likeness (QED) is 0.733. The summed E-state index contributed by atoms with van der Waals surface area (Å²) in [5, 5.41) is 13.2. The minimum Gasteiger partial charge on any atom is -0.505 e. The molecule has 0 aliphatic heterocycles. The van der Waals surface area contributed by atoms with Crippen LogP contribution in [0.25, 0.3) is 10.9 Å². The van der Waals surface area contributed by atoms with Crippen LogP contribution in [0.15, 0.2) is 42.5 Å². The molecule has 0 saturated heterocycles. The van der Waals surface area contributed by atoms with Gasteiger partial charge in [0.25, 0.3) is 5.91 Å². The SMILES string of the molecule is CC(=O)CNC(=O)c1nc(C)c2nc(Oc3ccccc3)ccc2c1O. The zero-order valence-electron chi connectivity index (χ0n) is 14.3. The van der Waals surface area contributed by atoms with Gasteiger partial charge in [-0.05, 0) is 32.0 Å². The maximum absolute atomic E-state index is 12.1. The van der Waals surface area contributed by atoms with Crippen molar-refractivity contribution in [1.29, 1.82) is 0 Å². The molecule has 2 N–H and O–H groups in total. The monoisotopic (exact) mass is 351 g/mol. The van der Waals surface area contributed by atoms with Crippen LogP contribution in [-0.2, 0) is 4.79 Å². The third-order valence-corrected chi connectivity index (χ3v) is 3.65. The molecule has 0 radical (unpaired) electrons. The van der Waals surface area contributed by atoms with E-state index in [1.165, 1.54) is 6.92 Å². The number of amides is 1. The summed E-state index contributed by atoms with van der Waals surface area (Å²) in [6.45, 7) is 2.92. The van der Waals surface area contributed by atoms with Crippen LogP contribution in [-0.4, -0.2) is 33.3 Å². The Bertz CT molecular complexity index is 987. The van der Waals surface area contributed by atoms with Crippen molar-refractivity contribution >= 4 is 22.6 Å². The van der Waals surface area contributed by atoms with Crippen LogP contribution in [0, 0.1) is 6.92 Å². The first-order valence-electron chi connectivity index (χ1n) is 7.96. The molecule has 2 heterocycles. The van der Waals surface area contributed by atoms with E-state index >= 15 is 0 Å². The summed E-state index contributed by atoms with van der Waals surface area (Å²) in [4.78, 5) is 31.7. The molecule has 7 heteroatoms. The van der Waals surface area contributed by atoms with Crippen molar-refractivity contribution in [2.45, 2.75) is 13.8 Å². The molecule has 0 unspecified atom stereocenters. The van der Waals surface area contributed by atoms with Gasteiger partial charge in [0.2, 0.25) is 5.88 Å². The summed E-state index contributed by atoms with van der Waals surface area (Å²) >= 11 is 0. The minimum absolute atomic E-state index is 0.126. The molecule has 7 nitrogen and oxygen atoms in total. The molecule has 0 aliphatic carbocycles. The molecular weight excluding hydrogens is 334 g/mol. The number of hydrogen-bond donors (Lipinski definition) is 2. The fraction of sp³-hybridized carbons (Fsp3) is 0.158. The first-order chi connectivity index (χ1) is 12.5. The molecular formula is C19H17N3O4. The third-order valence-electron chi connectivity index (χ3n) is 3.65. The predicted molar refractivity (Wildman–Crippen MR) is 95.5 cm³/mol. The van der Waals surface area contributed by atoms with E-state index in [4.69, 9.17) is 4.74 Å². The second-order valence-corrected chi connectivity index (χ2v) is 5.74. The highest BCUT2D eigenvalue weighted by molar-refractivity contribution is 6.02. The summed E-state index contributed by atoms with van der Waals surface area (Å²) in [5.74, 6) is -0.117. The Morgan fingerprint density at radius 3 is 2.54 bits per heavy atom. The number of fused-ring (bicyclic) bond motifs is 1. The Kier molecular flexibility index (Phi) is 4.79. The lowest BCUT2D eigenvalue weighted by atomic mass is 10.1. The van der Waals surface area contributed by atoms with Gasteiger partial charge in [0.05, 0.1) is 17.8 Å². The van der Waals surface area contributed by atoms with E-state index in [2.05, 4.69) is 15.3 Å². The molecule has 26 heavy (non-hydrogen) atoms. The number of ketones is 1. The summed E-state index contributed by atoms with van der Waals surface area (Å²) in [6, 6.07) is 12.4. The molecule has 0 aliphatic rings. The molecule has 1 amide bonds. The van der Waals surface area contributed by atoms with Crippen LogP contribution in [0.5, 0.6) is 17.4 Å². The van der Waals surface area contributed by atoms with Gasteiger partial charge in [-0.2, -0.15) is 0 Å². The minimum atomic E-state index is -0.618. The van der Waals surface area contributed by atoms with E-state index in [0.29, 0.717) is 28.2 Å². The van der Waals surface area contributed by atoms with Crippen LogP contribution >= 0.6 is 0 Å². The molecule has 2 aromatic heterocycles. The number of aromatic nitrogens is 2. The Morgan fingerprint density at radius 2 is 1.85 bits per heavy atom. The highest BCUT2D eigenvalue weighted by Crippen LogP contribution is 2.31. The van der Waals surface area contributed by atoms with Crippen molar-refractivity contribution in [3.05, 3.63) is 53.9 Å². The Morgan fingerprint density at radius 1 is 1.12 bits per heavy atom. The van der Waals surface area contributed by atoms with Crippen LogP contribution in [0.2, 0.25) is 0 Å². The van der Waals surface area contributed by atoms with Crippen molar-refractivity contribution in [3.8, 4) is 17.4 Å². The predicted octanol–water partition coefficient (Wildman–Crippen LogP) is 2.75. The van der Waals surface area contributed by atoms with Gasteiger partial charge in [0.15, 0.2) is 11.4 Å². The Balaban J connectivity index is 1.96. The number of pyridine rings is 2. The average molecular weight is 351 g/mol. The topological polar surface area (TPSA) is 101 Å². The van der Waals surface area contributed by atoms with Gasteiger partial charge in [-0.25, -0.2) is 9.97 Å². The van der Waals surface area contributed by atoms with Crippen molar-refractivity contribution < 1.29 is 19.4 Å². The fourth-order valence-electron chi connectivity index (χ4n) is 2.42. The highest BCUT2D eigenvalue weighted by Gasteiger charge is 2.19. The second-order valence-electron chi connectivity index (χ2n) is 5.74. The fourth-order valence-corrected chi connectivity index (χ4v) is 2.42. The first-order valence-corrected chi connectivity index (χ1v) is 7.96. The van der Waals surface area contributed by atoms with E-state index in [1.54, 1.807) is 31.2 Å². The number of carbonyl (C=O) groups is 2. The standard InChI is InChI=1S/C19H17N3O4/c1-11(23)10-20-19(25)17-18(24)14-8-9-15(22-16(14)12(2)21-17)26-13-6-4-3-5-7-13/h3-9,24H,10H2,1-2H3,(H,20,25). The van der Waals surface area contributed by atoms with Crippen LogP contribution in [0.4, 0.5) is 0 Å². The first kappa shape index (κ1) is 17.3. The van der Waals surface area contributed by atoms with Crippen molar-refractivity contribution in [2.75, 3.05) is 6.54 Å². The van der Waals surface area contributed by atoms with E-state index in [0.717, 1.165) is 0 Å². The number of ether oxygens (including phenoxy) is 1. The zero-order chi connectivity index (χ0) is 18.7. The lowest BCUT2D eigenvalue weighted by molar-refractivity contribution is -0.116. The summed E-state index contributed by atoms with van der Waals surface area (Å²) in [7, 11) is 0. The number of aryl methyl sites for hydroxylation is 1. The molecule has 0 spiro atoms. The van der Waals surface area contributed by atoms with E-state index in [9.17, 15) is 14.7 Å². The highest BCUT2D eigenvalue weighted by atomic mass is 16.5. The lowest BCUT2D eigenvalue weighted by Crippen LogP contribution is -2.29. The van der Waals surface area contributed by atoms with E-state index in [1.807, 2.05) is 18.2 Å². The smallest absolute Gasteiger partial charge is 0.274 e. The van der Waals surface area contributed by atoms with Gasteiger partial charge in [-0.15, -0.1) is 0 Å². The lowest BCUT2D eigenvalue weighted by Gasteiger charge is -2.11. The van der Waals surface area contributed by atoms with Crippen molar-refractivity contribution in [1.82, 2.24) is 15.3 Å². The van der Waals surface area contributed by atoms with Crippen molar-refractivity contribution in [3.63, 3.8) is 0 Å². The number of rotatable bonds is 5. The summed E-state index contributed by atoms with van der Waals surface area (Å²) in [5.41, 5.74) is 0.748. The summed E-state index contributed by atoms with van der Waals surface area (Å²) in [6.07, 6.45) is 0. The van der Waals surface area contributed by atoms with E-state index in [-0.39, 0.29) is 23.8 Å². The van der Waals surface area contributed by atoms with Gasteiger partial charge in [0, 0.05) is 11.5 Å². The van der Waals surface area contributed by atoms with E-state index < -0.39 is 5.91 Å². The number of nitrogens with one attached hydrogen (secondary N) is 1. The molecule has 0 bridgehead atoms. The number of hydrogen-bond acceptors (Lipinski definition) is 6. The van der Waals surface area contributed by atoms with Gasteiger partial charge >= 0.3 is 0 Å². The van der Waals surface area contributed by atoms with Crippen LogP contribution in [0.1, 0.15) is 23.1 Å². The number of nitrogens with zero attached hydrogens (tertiary/aromatic N) is 2. The molecule has 3 rings (SSSR count). The third kappa shape index (κ3) is 3.61. The normalized spacial score (nSPS) is 10.5. The molecule has 132 valence electrons. The number of benzene rings is 1. The van der Waals surface area contributed by atoms with Crippen LogP contribution in [0.3, 0.4) is 0 Å². The average Bonchev–Trinajstić information content (AvgIpc) is 2.63. The maximum Gasteiger partial charge on any atom is 0.274 e. The maximum atomic E-state index is 12.1. The largest absolute Gasteiger partial charge is 0.505 e. The zero-order valence-corrected chi connectivity index (χ0v) is 14.3. The van der Waals surface area contributed by atoms with Gasteiger partial charge in [-0.1, -0.05) is 18.2 Å². The molecule has 3 aromatic rings. The molecule has 0 atom stereocenters. The van der Waals surface area contributed by atoms with Gasteiger partial charge in [-0.3, -0.25) is 9.59 Å².